The molecule has 0 spiro atoms. The Morgan fingerprint density at radius 1 is 1.32 bits per heavy atom. The number of hydrogen-bond acceptors (Lipinski definition) is 8. The van der Waals surface area contributed by atoms with Crippen molar-refractivity contribution in [2.24, 2.45) is 5.92 Å². The average Bonchev–Trinajstić information content (AvgIpc) is 2.63. The molecule has 0 aliphatic carbocycles. The third-order valence-corrected chi connectivity index (χ3v) is 4.33. The molecular weight excluding hydrogens is 320 g/mol. The Balaban J connectivity index is 1.74. The lowest BCUT2D eigenvalue weighted by molar-refractivity contribution is -0.146. The van der Waals surface area contributed by atoms with E-state index in [1.807, 2.05) is 25.1 Å². The number of aromatic nitrogens is 3. The van der Waals surface area contributed by atoms with E-state index in [-0.39, 0.29) is 11.9 Å². The summed E-state index contributed by atoms with van der Waals surface area (Å²) in [7, 11) is 1.42. The number of carbonyl (C=O) groups is 1. The Hall–Kier alpha value is -2.90. The topological polar surface area (TPSA) is 106 Å². The highest BCUT2D eigenvalue weighted by Gasteiger charge is 2.27. The number of anilines is 4. The van der Waals surface area contributed by atoms with E-state index in [9.17, 15) is 4.79 Å². The number of ether oxygens (including phenoxy) is 1. The fourth-order valence-electron chi connectivity index (χ4n) is 2.97. The number of piperidine rings is 1. The van der Waals surface area contributed by atoms with Gasteiger partial charge in [0.05, 0.1) is 13.0 Å². The van der Waals surface area contributed by atoms with Gasteiger partial charge in [-0.1, -0.05) is 6.07 Å². The largest absolute Gasteiger partial charge is 0.469 e. The predicted molar refractivity (Wildman–Crippen MR) is 95.7 cm³/mol. The van der Waals surface area contributed by atoms with Crippen LogP contribution in [0.1, 0.15) is 18.5 Å². The van der Waals surface area contributed by atoms with Crippen molar-refractivity contribution in [2.75, 3.05) is 36.1 Å². The number of nitrogen functional groups attached to an aromatic ring is 1. The minimum absolute atomic E-state index is 0.0570. The van der Waals surface area contributed by atoms with Gasteiger partial charge in [0, 0.05) is 18.8 Å². The van der Waals surface area contributed by atoms with Crippen LogP contribution in [0.25, 0.3) is 0 Å². The summed E-state index contributed by atoms with van der Waals surface area (Å²) in [4.78, 5) is 26.7. The second kappa shape index (κ2) is 7.33. The maximum absolute atomic E-state index is 11.7. The first-order chi connectivity index (χ1) is 12.1. The van der Waals surface area contributed by atoms with E-state index in [0.717, 1.165) is 18.5 Å². The number of esters is 1. The van der Waals surface area contributed by atoms with Crippen molar-refractivity contribution in [3.63, 3.8) is 0 Å². The van der Waals surface area contributed by atoms with Crippen molar-refractivity contribution >= 4 is 29.1 Å². The van der Waals surface area contributed by atoms with Crippen LogP contribution in [0, 0.1) is 12.8 Å². The summed E-state index contributed by atoms with van der Waals surface area (Å²) in [6, 6.07) is 5.70. The quantitative estimate of drug-likeness (QED) is 0.811. The highest BCUT2D eigenvalue weighted by molar-refractivity contribution is 5.78. The Kier molecular flexibility index (Phi) is 4.97. The maximum atomic E-state index is 11.7. The summed E-state index contributed by atoms with van der Waals surface area (Å²) in [5.74, 6) is 1.67. The second-order valence-electron chi connectivity index (χ2n) is 6.03. The molecule has 1 fully saturated rings. The highest BCUT2D eigenvalue weighted by Crippen LogP contribution is 2.31. The second-order valence-corrected chi connectivity index (χ2v) is 6.03. The molecule has 0 atom stereocenters. The van der Waals surface area contributed by atoms with E-state index < -0.39 is 0 Å². The van der Waals surface area contributed by atoms with Crippen molar-refractivity contribution in [1.29, 1.82) is 0 Å². The molecule has 8 heteroatoms. The zero-order valence-electron chi connectivity index (χ0n) is 14.4. The van der Waals surface area contributed by atoms with E-state index in [1.54, 1.807) is 0 Å². The van der Waals surface area contributed by atoms with Crippen LogP contribution in [0.4, 0.5) is 23.1 Å². The third kappa shape index (κ3) is 3.78. The molecule has 0 unspecified atom stereocenters. The first kappa shape index (κ1) is 16.9. The van der Waals surface area contributed by atoms with Gasteiger partial charge in [-0.15, -0.1) is 0 Å². The van der Waals surface area contributed by atoms with Gasteiger partial charge in [-0.3, -0.25) is 4.79 Å². The van der Waals surface area contributed by atoms with Gasteiger partial charge in [0.25, 0.3) is 0 Å². The van der Waals surface area contributed by atoms with Crippen LogP contribution < -0.4 is 16.0 Å². The Morgan fingerprint density at radius 3 is 2.76 bits per heavy atom. The number of nitrogens with zero attached hydrogens (tertiary/aromatic N) is 4. The van der Waals surface area contributed by atoms with E-state index in [4.69, 9.17) is 10.5 Å². The lowest BCUT2D eigenvalue weighted by Crippen LogP contribution is -2.37. The molecule has 0 amide bonds. The number of methoxy groups -OCH3 is 1. The van der Waals surface area contributed by atoms with Crippen molar-refractivity contribution in [2.45, 2.75) is 19.8 Å². The van der Waals surface area contributed by atoms with Crippen LogP contribution in [0.2, 0.25) is 0 Å². The van der Waals surface area contributed by atoms with E-state index in [1.165, 1.54) is 13.4 Å². The summed E-state index contributed by atoms with van der Waals surface area (Å²) in [6.07, 6.45) is 2.92. The molecule has 1 aliphatic rings. The zero-order valence-corrected chi connectivity index (χ0v) is 14.4. The summed E-state index contributed by atoms with van der Waals surface area (Å²) in [5, 5.41) is 3.14. The minimum Gasteiger partial charge on any atom is -0.469 e. The van der Waals surface area contributed by atoms with Crippen LogP contribution in [-0.2, 0) is 9.53 Å². The highest BCUT2D eigenvalue weighted by atomic mass is 16.5. The molecule has 1 saturated heterocycles. The van der Waals surface area contributed by atoms with E-state index >= 15 is 0 Å². The Labute approximate surface area is 146 Å². The van der Waals surface area contributed by atoms with Gasteiger partial charge < -0.3 is 20.7 Å². The molecule has 3 N–H and O–H groups in total. The third-order valence-electron chi connectivity index (χ3n) is 4.33. The zero-order chi connectivity index (χ0) is 17.8. The van der Waals surface area contributed by atoms with Crippen molar-refractivity contribution in [1.82, 2.24) is 15.0 Å². The van der Waals surface area contributed by atoms with Crippen LogP contribution in [0.15, 0.2) is 24.5 Å². The summed E-state index contributed by atoms with van der Waals surface area (Å²) in [5.41, 5.74) is 7.65. The van der Waals surface area contributed by atoms with Gasteiger partial charge in [-0.25, -0.2) is 15.0 Å². The number of nitrogens with one attached hydrogen (secondary N) is 1. The van der Waals surface area contributed by atoms with Crippen LogP contribution in [0.3, 0.4) is 0 Å². The minimum atomic E-state index is -0.150. The van der Waals surface area contributed by atoms with Gasteiger partial charge in [-0.05, 0) is 31.9 Å². The van der Waals surface area contributed by atoms with Gasteiger partial charge in [-0.2, -0.15) is 0 Å². The van der Waals surface area contributed by atoms with Crippen LogP contribution >= 0.6 is 0 Å². The molecular formula is C17H22N6O2. The summed E-state index contributed by atoms with van der Waals surface area (Å²) >= 11 is 0. The molecule has 132 valence electrons. The lowest BCUT2D eigenvalue weighted by atomic mass is 9.97. The van der Waals surface area contributed by atoms with Crippen molar-refractivity contribution in [3.8, 4) is 0 Å². The standard InChI is InChI=1S/C17H22N6O2/c1-11-4-3-5-13(21-11)22-15-14(18)16(20-10-19-15)23-8-6-12(7-9-23)17(24)25-2/h3-5,10,12H,6-9,18H2,1-2H3,(H,19,20,21,22). The number of pyridine rings is 1. The molecule has 0 radical (unpaired) electrons. The fraction of sp³-hybridized carbons (Fsp3) is 0.412. The average molecular weight is 342 g/mol. The number of carbonyl (C=O) groups excluding carboxylic acids is 1. The number of hydrogen-bond donors (Lipinski definition) is 2. The molecule has 3 rings (SSSR count). The van der Waals surface area contributed by atoms with Crippen molar-refractivity contribution < 1.29 is 9.53 Å². The summed E-state index contributed by atoms with van der Waals surface area (Å²) < 4.78 is 4.82. The molecule has 0 aromatic carbocycles. The SMILES string of the molecule is COC(=O)C1CCN(c2ncnc(Nc3cccc(C)n3)c2N)CC1. The van der Waals surface area contributed by atoms with Crippen molar-refractivity contribution in [3.05, 3.63) is 30.2 Å². The number of rotatable bonds is 4. The first-order valence-corrected chi connectivity index (χ1v) is 8.22. The molecule has 1 aliphatic heterocycles. The van der Waals surface area contributed by atoms with Crippen LogP contribution in [0.5, 0.6) is 0 Å². The summed E-state index contributed by atoms with van der Waals surface area (Å²) in [6.45, 7) is 3.32. The Morgan fingerprint density at radius 2 is 2.08 bits per heavy atom. The molecule has 3 heterocycles. The first-order valence-electron chi connectivity index (χ1n) is 8.22. The fourth-order valence-corrected chi connectivity index (χ4v) is 2.97. The van der Waals surface area contributed by atoms with Crippen LogP contribution in [-0.4, -0.2) is 41.1 Å². The number of nitrogens with two attached hydrogens (primary N) is 1. The molecule has 2 aromatic heterocycles. The smallest absolute Gasteiger partial charge is 0.308 e. The number of aryl methyl sites for hydroxylation is 1. The normalized spacial score (nSPS) is 15.0. The predicted octanol–water partition coefficient (Wildman–Crippen LogP) is 1.90. The van der Waals surface area contributed by atoms with Gasteiger partial charge in [0.15, 0.2) is 11.6 Å². The molecule has 0 saturated carbocycles. The molecule has 0 bridgehead atoms. The monoisotopic (exact) mass is 342 g/mol. The van der Waals surface area contributed by atoms with Gasteiger partial charge in [0.2, 0.25) is 0 Å². The Bertz CT molecular complexity index is 759. The van der Waals surface area contributed by atoms with E-state index in [0.29, 0.717) is 36.2 Å². The lowest BCUT2D eigenvalue weighted by Gasteiger charge is -2.32. The van der Waals surface area contributed by atoms with E-state index in [2.05, 4.69) is 25.2 Å². The van der Waals surface area contributed by atoms with Gasteiger partial charge in [0.1, 0.15) is 17.8 Å². The molecule has 8 nitrogen and oxygen atoms in total. The molecule has 25 heavy (non-hydrogen) atoms. The van der Waals surface area contributed by atoms with Gasteiger partial charge >= 0.3 is 5.97 Å². The maximum Gasteiger partial charge on any atom is 0.308 e. The molecule has 2 aromatic rings.